The molecule has 2 atom stereocenters. The number of benzene rings is 1. The van der Waals surface area contributed by atoms with Gasteiger partial charge >= 0.3 is 0 Å². The van der Waals surface area contributed by atoms with Crippen molar-refractivity contribution in [3.8, 4) is 0 Å². The molecule has 22 heavy (non-hydrogen) atoms. The molecule has 2 saturated heterocycles. The summed E-state index contributed by atoms with van der Waals surface area (Å²) in [6, 6.07) is 6.18. The second kappa shape index (κ2) is 5.58. The van der Waals surface area contributed by atoms with Crippen LogP contribution in [0.25, 0.3) is 0 Å². The van der Waals surface area contributed by atoms with Gasteiger partial charge in [0, 0.05) is 22.8 Å². The molecule has 5 nitrogen and oxygen atoms in total. The van der Waals surface area contributed by atoms with Crippen LogP contribution < -0.4 is 0 Å². The fourth-order valence-corrected chi connectivity index (χ4v) is 6.85. The lowest BCUT2D eigenvalue weighted by atomic mass is 10.1. The van der Waals surface area contributed by atoms with E-state index in [1.54, 1.807) is 28.6 Å². The van der Waals surface area contributed by atoms with Crippen molar-refractivity contribution in [2.75, 3.05) is 6.26 Å². The Hall–Kier alpha value is -0.440. The number of halogens is 1. The van der Waals surface area contributed by atoms with E-state index in [1.807, 2.05) is 0 Å². The van der Waals surface area contributed by atoms with Gasteiger partial charge in [-0.2, -0.15) is 4.31 Å². The van der Waals surface area contributed by atoms with Gasteiger partial charge in [0.1, 0.15) is 9.84 Å². The van der Waals surface area contributed by atoms with Gasteiger partial charge in [-0.05, 0) is 49.9 Å². The van der Waals surface area contributed by atoms with Crippen molar-refractivity contribution in [3.63, 3.8) is 0 Å². The second-order valence-electron chi connectivity index (χ2n) is 6.10. The minimum Gasteiger partial charge on any atom is -0.229 e. The van der Waals surface area contributed by atoms with Crippen molar-refractivity contribution in [3.05, 3.63) is 28.7 Å². The molecule has 1 aromatic rings. The van der Waals surface area contributed by atoms with Gasteiger partial charge in [0.05, 0.1) is 10.1 Å². The third kappa shape index (κ3) is 2.86. The lowest BCUT2D eigenvalue weighted by Crippen LogP contribution is -2.49. The molecular formula is C14H18BrNO4S2. The summed E-state index contributed by atoms with van der Waals surface area (Å²) >= 11 is 3.30. The van der Waals surface area contributed by atoms with E-state index in [2.05, 4.69) is 15.9 Å². The SMILES string of the molecule is CS(=O)(=O)C1CC2CCC(C1)N2S(=O)(=O)c1ccc(Br)cc1. The second-order valence-corrected chi connectivity index (χ2v) is 11.2. The number of sulfone groups is 1. The van der Waals surface area contributed by atoms with Crippen LogP contribution in [-0.2, 0) is 19.9 Å². The molecule has 0 spiro atoms. The van der Waals surface area contributed by atoms with Crippen LogP contribution in [-0.4, -0.2) is 44.7 Å². The zero-order chi connectivity index (χ0) is 16.1. The van der Waals surface area contributed by atoms with Gasteiger partial charge < -0.3 is 0 Å². The molecule has 2 unspecified atom stereocenters. The lowest BCUT2D eigenvalue weighted by molar-refractivity contribution is 0.249. The first kappa shape index (κ1) is 16.4. The first-order chi connectivity index (χ1) is 10.2. The molecule has 0 aromatic heterocycles. The van der Waals surface area contributed by atoms with E-state index in [9.17, 15) is 16.8 Å². The zero-order valence-corrected chi connectivity index (χ0v) is 15.4. The molecule has 0 saturated carbocycles. The van der Waals surface area contributed by atoms with Crippen LogP contribution in [0.4, 0.5) is 0 Å². The Bertz CT molecular complexity index is 760. The van der Waals surface area contributed by atoms with E-state index in [4.69, 9.17) is 0 Å². The van der Waals surface area contributed by atoms with E-state index in [1.165, 1.54) is 6.26 Å². The van der Waals surface area contributed by atoms with E-state index in [0.29, 0.717) is 12.8 Å². The minimum absolute atomic E-state index is 0.202. The van der Waals surface area contributed by atoms with Crippen molar-refractivity contribution >= 4 is 35.8 Å². The highest BCUT2D eigenvalue weighted by atomic mass is 79.9. The molecule has 1 aromatic carbocycles. The predicted octanol–water partition coefficient (Wildman–Crippen LogP) is 2.18. The van der Waals surface area contributed by atoms with Gasteiger partial charge in [0.2, 0.25) is 10.0 Å². The van der Waals surface area contributed by atoms with Crippen LogP contribution in [0.2, 0.25) is 0 Å². The average Bonchev–Trinajstić information content (AvgIpc) is 2.70. The topological polar surface area (TPSA) is 71.5 Å². The van der Waals surface area contributed by atoms with Crippen molar-refractivity contribution in [2.24, 2.45) is 0 Å². The Labute approximate surface area is 139 Å². The van der Waals surface area contributed by atoms with Gasteiger partial charge in [0.15, 0.2) is 0 Å². The monoisotopic (exact) mass is 407 g/mol. The molecule has 0 radical (unpaired) electrons. The number of piperidine rings is 1. The number of hydrogen-bond donors (Lipinski definition) is 0. The molecule has 8 heteroatoms. The summed E-state index contributed by atoms with van der Waals surface area (Å²) in [6.45, 7) is 0. The maximum Gasteiger partial charge on any atom is 0.243 e. The highest BCUT2D eigenvalue weighted by Gasteiger charge is 2.49. The Morgan fingerprint density at radius 2 is 1.50 bits per heavy atom. The number of nitrogens with zero attached hydrogens (tertiary/aromatic N) is 1. The van der Waals surface area contributed by atoms with E-state index >= 15 is 0 Å². The van der Waals surface area contributed by atoms with Crippen molar-refractivity contribution < 1.29 is 16.8 Å². The highest BCUT2D eigenvalue weighted by molar-refractivity contribution is 9.10. The van der Waals surface area contributed by atoms with E-state index in [-0.39, 0.29) is 17.0 Å². The molecule has 2 fully saturated rings. The molecule has 3 rings (SSSR count). The maximum absolute atomic E-state index is 12.9. The Balaban J connectivity index is 1.92. The molecule has 2 aliphatic rings. The quantitative estimate of drug-likeness (QED) is 0.769. The maximum atomic E-state index is 12.9. The largest absolute Gasteiger partial charge is 0.243 e. The Kier molecular flexibility index (Phi) is 4.16. The van der Waals surface area contributed by atoms with Crippen LogP contribution in [0, 0.1) is 0 Å². The van der Waals surface area contributed by atoms with Gasteiger partial charge in [-0.3, -0.25) is 0 Å². The van der Waals surface area contributed by atoms with E-state index < -0.39 is 25.1 Å². The summed E-state index contributed by atoms with van der Waals surface area (Å²) in [5, 5.41) is -0.415. The summed E-state index contributed by atoms with van der Waals surface area (Å²) in [5.74, 6) is 0. The molecule has 2 aliphatic heterocycles. The smallest absolute Gasteiger partial charge is 0.229 e. The summed E-state index contributed by atoms with van der Waals surface area (Å²) in [7, 11) is -6.68. The van der Waals surface area contributed by atoms with Crippen LogP contribution in [0.3, 0.4) is 0 Å². The number of sulfonamides is 1. The van der Waals surface area contributed by atoms with Gasteiger partial charge in [0.25, 0.3) is 0 Å². The third-order valence-corrected chi connectivity index (χ3v) is 8.76. The molecule has 0 amide bonds. The fraction of sp³-hybridized carbons (Fsp3) is 0.571. The molecule has 0 N–H and O–H groups in total. The summed E-state index contributed by atoms with van der Waals surface area (Å²) in [6.07, 6.45) is 3.55. The predicted molar refractivity (Wildman–Crippen MR) is 87.8 cm³/mol. The number of fused-ring (bicyclic) bond motifs is 2. The molecule has 2 bridgehead atoms. The normalized spacial score (nSPS) is 29.6. The Morgan fingerprint density at radius 1 is 1.00 bits per heavy atom. The standard InChI is InChI=1S/C14H18BrNO4S2/c1-21(17,18)14-8-11-4-5-12(9-14)16(11)22(19,20)13-6-2-10(15)3-7-13/h2-3,6-7,11-12,14H,4-5,8-9H2,1H3. The highest BCUT2D eigenvalue weighted by Crippen LogP contribution is 2.41. The van der Waals surface area contributed by atoms with E-state index in [0.717, 1.165) is 17.3 Å². The fourth-order valence-electron chi connectivity index (χ4n) is 3.55. The van der Waals surface area contributed by atoms with Crippen molar-refractivity contribution in [1.29, 1.82) is 0 Å². The molecule has 2 heterocycles. The van der Waals surface area contributed by atoms with Crippen molar-refractivity contribution in [1.82, 2.24) is 4.31 Å². The van der Waals surface area contributed by atoms with Gasteiger partial charge in [-0.25, -0.2) is 16.8 Å². The van der Waals surface area contributed by atoms with Crippen LogP contribution in [0.1, 0.15) is 25.7 Å². The first-order valence-electron chi connectivity index (χ1n) is 7.17. The minimum atomic E-state index is -3.57. The summed E-state index contributed by atoms with van der Waals surface area (Å²) < 4.78 is 51.7. The zero-order valence-electron chi connectivity index (χ0n) is 12.1. The van der Waals surface area contributed by atoms with Crippen molar-refractivity contribution in [2.45, 2.75) is 47.9 Å². The summed E-state index contributed by atoms with van der Waals surface area (Å²) in [5.41, 5.74) is 0. The average molecular weight is 408 g/mol. The van der Waals surface area contributed by atoms with Crippen LogP contribution in [0.15, 0.2) is 33.6 Å². The van der Waals surface area contributed by atoms with Crippen LogP contribution >= 0.6 is 15.9 Å². The molecule has 0 aliphatic carbocycles. The molecular weight excluding hydrogens is 390 g/mol. The van der Waals surface area contributed by atoms with Gasteiger partial charge in [-0.1, -0.05) is 15.9 Å². The van der Waals surface area contributed by atoms with Crippen LogP contribution in [0.5, 0.6) is 0 Å². The number of rotatable bonds is 3. The third-order valence-electron chi connectivity index (χ3n) is 4.62. The lowest BCUT2D eigenvalue weighted by Gasteiger charge is -2.37. The molecule has 122 valence electrons. The first-order valence-corrected chi connectivity index (χ1v) is 11.4. The summed E-state index contributed by atoms with van der Waals surface area (Å²) in [4.78, 5) is 0.269. The van der Waals surface area contributed by atoms with Gasteiger partial charge in [-0.15, -0.1) is 0 Å². The number of hydrogen-bond acceptors (Lipinski definition) is 4. The Morgan fingerprint density at radius 3 is 1.95 bits per heavy atom.